The van der Waals surface area contributed by atoms with E-state index in [9.17, 15) is 4.79 Å². The van der Waals surface area contributed by atoms with Gasteiger partial charge in [0.05, 0.1) is 19.3 Å². The Morgan fingerprint density at radius 3 is 2.58 bits per heavy atom. The monoisotopic (exact) mass is 326 g/mol. The summed E-state index contributed by atoms with van der Waals surface area (Å²) < 4.78 is 5.30. The van der Waals surface area contributed by atoms with Crippen LogP contribution < -0.4 is 15.4 Å². The molecule has 0 atom stereocenters. The molecule has 0 aliphatic carbocycles. The van der Waals surface area contributed by atoms with Gasteiger partial charge in [-0.25, -0.2) is 0 Å². The van der Waals surface area contributed by atoms with Crippen LogP contribution in [0.25, 0.3) is 0 Å². The number of para-hydroxylation sites is 1. The first-order chi connectivity index (χ1) is 11.4. The minimum atomic E-state index is -0.100. The molecule has 0 spiro atoms. The van der Waals surface area contributed by atoms with E-state index in [-0.39, 0.29) is 12.5 Å². The largest absolute Gasteiger partial charge is 0.495 e. The number of methoxy groups -OCH3 is 1. The molecule has 0 unspecified atom stereocenters. The van der Waals surface area contributed by atoms with E-state index in [2.05, 4.69) is 43.5 Å². The first kappa shape index (κ1) is 17.9. The number of amides is 1. The lowest BCUT2D eigenvalue weighted by Gasteiger charge is -2.17. The predicted octanol–water partition coefficient (Wildman–Crippen LogP) is 4.49. The van der Waals surface area contributed by atoms with Gasteiger partial charge < -0.3 is 15.4 Å². The normalized spacial score (nSPS) is 10.6. The average molecular weight is 326 g/mol. The standard InChI is InChI=1S/C20H26N2O2/c1-13(2)16-8-6-7-15(4)20(16)21-12-19(23)22-17-11-14(3)9-10-18(17)24-5/h6-11,13,21H,12H2,1-5H3,(H,22,23). The summed E-state index contributed by atoms with van der Waals surface area (Å²) in [6.45, 7) is 8.54. The number of carbonyl (C=O) groups is 1. The fourth-order valence-corrected chi connectivity index (χ4v) is 2.70. The van der Waals surface area contributed by atoms with Crippen molar-refractivity contribution in [1.29, 1.82) is 0 Å². The fourth-order valence-electron chi connectivity index (χ4n) is 2.70. The Morgan fingerprint density at radius 1 is 1.17 bits per heavy atom. The van der Waals surface area contributed by atoms with Crippen LogP contribution in [-0.2, 0) is 4.79 Å². The Hall–Kier alpha value is -2.49. The zero-order chi connectivity index (χ0) is 17.7. The molecular formula is C20H26N2O2. The van der Waals surface area contributed by atoms with E-state index in [1.165, 1.54) is 5.56 Å². The Kier molecular flexibility index (Phi) is 5.85. The summed E-state index contributed by atoms with van der Waals surface area (Å²) in [7, 11) is 1.60. The molecule has 0 radical (unpaired) electrons. The Bertz CT molecular complexity index is 724. The number of aryl methyl sites for hydroxylation is 2. The third kappa shape index (κ3) is 4.28. The third-order valence-corrected chi connectivity index (χ3v) is 3.98. The van der Waals surface area contributed by atoms with Crippen LogP contribution in [0.5, 0.6) is 5.75 Å². The van der Waals surface area contributed by atoms with E-state index in [4.69, 9.17) is 4.74 Å². The van der Waals surface area contributed by atoms with Crippen LogP contribution in [0.3, 0.4) is 0 Å². The first-order valence-corrected chi connectivity index (χ1v) is 8.20. The maximum atomic E-state index is 12.3. The molecule has 0 saturated heterocycles. The summed E-state index contributed by atoms with van der Waals surface area (Å²) in [5, 5.41) is 6.20. The lowest BCUT2D eigenvalue weighted by molar-refractivity contribution is -0.114. The maximum absolute atomic E-state index is 12.3. The van der Waals surface area contributed by atoms with Gasteiger partial charge in [0.1, 0.15) is 5.75 Å². The molecule has 0 heterocycles. The van der Waals surface area contributed by atoms with Gasteiger partial charge in [-0.2, -0.15) is 0 Å². The number of hydrogen-bond acceptors (Lipinski definition) is 3. The molecule has 0 aliphatic rings. The summed E-state index contributed by atoms with van der Waals surface area (Å²) >= 11 is 0. The smallest absolute Gasteiger partial charge is 0.243 e. The fraction of sp³-hybridized carbons (Fsp3) is 0.350. The van der Waals surface area contributed by atoms with Gasteiger partial charge in [0.25, 0.3) is 0 Å². The Morgan fingerprint density at radius 2 is 1.92 bits per heavy atom. The molecule has 0 aliphatic heterocycles. The van der Waals surface area contributed by atoms with Crippen molar-refractivity contribution < 1.29 is 9.53 Å². The van der Waals surface area contributed by atoms with Crippen molar-refractivity contribution in [2.75, 3.05) is 24.3 Å². The molecular weight excluding hydrogens is 300 g/mol. The summed E-state index contributed by atoms with van der Waals surface area (Å²) in [5.74, 6) is 0.955. The second-order valence-electron chi connectivity index (χ2n) is 6.30. The van der Waals surface area contributed by atoms with Crippen LogP contribution in [0, 0.1) is 13.8 Å². The predicted molar refractivity (Wildman–Crippen MR) is 100 cm³/mol. The topological polar surface area (TPSA) is 50.4 Å². The lowest BCUT2D eigenvalue weighted by atomic mass is 9.98. The molecule has 1 amide bonds. The van der Waals surface area contributed by atoms with Crippen molar-refractivity contribution >= 4 is 17.3 Å². The van der Waals surface area contributed by atoms with Crippen LogP contribution in [0.2, 0.25) is 0 Å². The first-order valence-electron chi connectivity index (χ1n) is 8.20. The van der Waals surface area contributed by atoms with E-state index >= 15 is 0 Å². The SMILES string of the molecule is COc1ccc(C)cc1NC(=O)CNc1c(C)cccc1C(C)C. The molecule has 128 valence electrons. The van der Waals surface area contributed by atoms with Crippen LogP contribution in [0.4, 0.5) is 11.4 Å². The highest BCUT2D eigenvalue weighted by atomic mass is 16.5. The van der Waals surface area contributed by atoms with E-state index in [0.29, 0.717) is 17.4 Å². The molecule has 0 fully saturated rings. The highest BCUT2D eigenvalue weighted by molar-refractivity contribution is 5.95. The van der Waals surface area contributed by atoms with Crippen LogP contribution in [-0.4, -0.2) is 19.6 Å². The molecule has 0 aromatic heterocycles. The lowest BCUT2D eigenvalue weighted by Crippen LogP contribution is -2.23. The third-order valence-electron chi connectivity index (χ3n) is 3.98. The highest BCUT2D eigenvalue weighted by Gasteiger charge is 2.12. The van der Waals surface area contributed by atoms with Gasteiger partial charge in [-0.15, -0.1) is 0 Å². The highest BCUT2D eigenvalue weighted by Crippen LogP contribution is 2.28. The van der Waals surface area contributed by atoms with E-state index in [0.717, 1.165) is 16.8 Å². The number of benzene rings is 2. The summed E-state index contributed by atoms with van der Waals surface area (Å²) in [4.78, 5) is 12.3. The molecule has 2 aromatic rings. The van der Waals surface area contributed by atoms with Crippen molar-refractivity contribution in [3.8, 4) is 5.75 Å². The molecule has 4 heteroatoms. The zero-order valence-corrected chi connectivity index (χ0v) is 15.1. The number of hydrogen-bond donors (Lipinski definition) is 2. The van der Waals surface area contributed by atoms with Gasteiger partial charge in [0.2, 0.25) is 5.91 Å². The molecule has 0 saturated carbocycles. The molecule has 0 bridgehead atoms. The van der Waals surface area contributed by atoms with E-state index in [1.54, 1.807) is 7.11 Å². The van der Waals surface area contributed by atoms with Crippen LogP contribution in [0.1, 0.15) is 36.5 Å². The summed E-state index contributed by atoms with van der Waals surface area (Å²) in [5.41, 5.74) is 5.16. The number of ether oxygens (including phenoxy) is 1. The minimum absolute atomic E-state index is 0.100. The Balaban J connectivity index is 2.09. The number of nitrogens with one attached hydrogen (secondary N) is 2. The minimum Gasteiger partial charge on any atom is -0.495 e. The van der Waals surface area contributed by atoms with Crippen molar-refractivity contribution in [2.45, 2.75) is 33.6 Å². The van der Waals surface area contributed by atoms with Gasteiger partial charge in [0, 0.05) is 5.69 Å². The molecule has 2 N–H and O–H groups in total. The van der Waals surface area contributed by atoms with Crippen molar-refractivity contribution in [3.05, 3.63) is 53.1 Å². The maximum Gasteiger partial charge on any atom is 0.243 e. The van der Waals surface area contributed by atoms with Gasteiger partial charge in [-0.3, -0.25) is 4.79 Å². The quantitative estimate of drug-likeness (QED) is 0.822. The van der Waals surface area contributed by atoms with Crippen LogP contribution >= 0.6 is 0 Å². The average Bonchev–Trinajstić information content (AvgIpc) is 2.53. The van der Waals surface area contributed by atoms with Crippen LogP contribution in [0.15, 0.2) is 36.4 Å². The van der Waals surface area contributed by atoms with Crippen molar-refractivity contribution in [2.24, 2.45) is 0 Å². The second kappa shape index (κ2) is 7.86. The van der Waals surface area contributed by atoms with Gasteiger partial charge in [-0.05, 0) is 48.6 Å². The van der Waals surface area contributed by atoms with Gasteiger partial charge in [-0.1, -0.05) is 38.1 Å². The number of carbonyl (C=O) groups excluding carboxylic acids is 1. The van der Waals surface area contributed by atoms with Gasteiger partial charge >= 0.3 is 0 Å². The number of anilines is 2. The molecule has 2 aromatic carbocycles. The second-order valence-corrected chi connectivity index (χ2v) is 6.30. The van der Waals surface area contributed by atoms with E-state index < -0.39 is 0 Å². The number of rotatable bonds is 6. The summed E-state index contributed by atoms with van der Waals surface area (Å²) in [6.07, 6.45) is 0. The Labute approximate surface area is 144 Å². The van der Waals surface area contributed by atoms with E-state index in [1.807, 2.05) is 31.2 Å². The zero-order valence-electron chi connectivity index (χ0n) is 15.1. The molecule has 24 heavy (non-hydrogen) atoms. The van der Waals surface area contributed by atoms with Crippen molar-refractivity contribution in [3.63, 3.8) is 0 Å². The van der Waals surface area contributed by atoms with Gasteiger partial charge in [0.15, 0.2) is 0 Å². The van der Waals surface area contributed by atoms with Crippen molar-refractivity contribution in [1.82, 2.24) is 0 Å². The molecule has 2 rings (SSSR count). The summed E-state index contributed by atoms with van der Waals surface area (Å²) in [6, 6.07) is 11.9. The molecule has 4 nitrogen and oxygen atoms in total.